The van der Waals surface area contributed by atoms with Crippen LogP contribution in [0.1, 0.15) is 52.5 Å². The Kier molecular flexibility index (Phi) is 10.0. The minimum absolute atomic E-state index is 0.0373. The van der Waals surface area contributed by atoms with Crippen LogP contribution in [0.25, 0.3) is 0 Å². The van der Waals surface area contributed by atoms with Gasteiger partial charge in [-0.1, -0.05) is 30.3 Å². The summed E-state index contributed by atoms with van der Waals surface area (Å²) in [6.07, 6.45) is 3.90. The van der Waals surface area contributed by atoms with Crippen molar-refractivity contribution >= 4 is 35.6 Å². The lowest BCUT2D eigenvalue weighted by atomic mass is 10.0. The number of methoxy groups -OCH3 is 1. The Labute approximate surface area is 228 Å². The second-order valence-electron chi connectivity index (χ2n) is 9.88. The fourth-order valence-corrected chi connectivity index (χ4v) is 5.06. The molecule has 4 rings (SSSR count). The number of amides is 2. The minimum Gasteiger partial charge on any atom is -0.465 e. The zero-order valence-electron chi connectivity index (χ0n) is 22.0. The number of nitrogens with zero attached hydrogens (tertiary/aromatic N) is 1. The molecule has 10 heteroatoms. The monoisotopic (exact) mass is 539 g/mol. The van der Waals surface area contributed by atoms with Crippen LogP contribution in [0.3, 0.4) is 0 Å². The fraction of sp³-hybridized carbons (Fsp3) is 0.464. The Hall–Kier alpha value is -3.08. The lowest BCUT2D eigenvalue weighted by Gasteiger charge is -2.28. The number of rotatable bonds is 12. The lowest BCUT2D eigenvalue weighted by molar-refractivity contribution is -0.122. The van der Waals surface area contributed by atoms with Gasteiger partial charge >= 0.3 is 5.97 Å². The minimum atomic E-state index is -0.496. The normalized spacial score (nSPS) is 16.8. The molecule has 2 fully saturated rings. The summed E-state index contributed by atoms with van der Waals surface area (Å²) in [6.45, 7) is 4.66. The number of benzene rings is 2. The first-order valence-electron chi connectivity index (χ1n) is 13.2. The molecule has 1 saturated heterocycles. The van der Waals surface area contributed by atoms with Gasteiger partial charge in [-0.2, -0.15) is 0 Å². The van der Waals surface area contributed by atoms with Crippen LogP contribution in [-0.4, -0.2) is 63.2 Å². The molecule has 4 N–H and O–H groups in total. The second kappa shape index (κ2) is 13.6. The Morgan fingerprint density at radius 1 is 1.13 bits per heavy atom. The van der Waals surface area contributed by atoms with E-state index in [1.807, 2.05) is 41.6 Å². The third-order valence-corrected chi connectivity index (χ3v) is 7.64. The standard InChI is InChI=1S/C28H37N5O4S/c1-19(26(34)30-17-21-9-10-21)29-18-24(13-20-7-4-3-5-8-20)32-27(35)22-14-23(28(36)37-2)16-25(15-22)33-12-6-11-31-38-33/h3-5,7-8,14-16,19,21,24,29,31H,6,9-13,17-18H2,1-2H3,(H,30,34)(H,32,35)/t19-,24-/m0/s1. The Morgan fingerprint density at radius 2 is 1.89 bits per heavy atom. The number of nitrogens with one attached hydrogen (secondary N) is 4. The summed E-state index contributed by atoms with van der Waals surface area (Å²) in [5.74, 6) is -0.212. The van der Waals surface area contributed by atoms with E-state index in [1.54, 1.807) is 18.2 Å². The lowest BCUT2D eigenvalue weighted by Crippen LogP contribution is -2.49. The van der Waals surface area contributed by atoms with E-state index in [1.165, 1.54) is 32.1 Å². The molecule has 1 heterocycles. The smallest absolute Gasteiger partial charge is 0.337 e. The molecule has 2 aromatic rings. The average molecular weight is 540 g/mol. The summed E-state index contributed by atoms with van der Waals surface area (Å²) in [5, 5.41) is 9.41. The van der Waals surface area contributed by atoms with Gasteiger partial charge in [-0.3, -0.25) is 9.59 Å². The highest BCUT2D eigenvalue weighted by Gasteiger charge is 2.24. The molecule has 0 unspecified atom stereocenters. The van der Waals surface area contributed by atoms with Gasteiger partial charge in [-0.15, -0.1) is 0 Å². The maximum atomic E-state index is 13.5. The number of carbonyl (C=O) groups is 3. The second-order valence-corrected chi connectivity index (χ2v) is 10.8. The van der Waals surface area contributed by atoms with Crippen molar-refractivity contribution in [3.63, 3.8) is 0 Å². The Morgan fingerprint density at radius 3 is 2.58 bits per heavy atom. The first kappa shape index (κ1) is 27.9. The van der Waals surface area contributed by atoms with E-state index in [9.17, 15) is 14.4 Å². The van der Waals surface area contributed by atoms with Crippen molar-refractivity contribution < 1.29 is 19.1 Å². The van der Waals surface area contributed by atoms with Gasteiger partial charge in [-0.25, -0.2) is 9.52 Å². The van der Waals surface area contributed by atoms with Gasteiger partial charge in [0.1, 0.15) is 0 Å². The number of anilines is 1. The summed E-state index contributed by atoms with van der Waals surface area (Å²) in [6, 6.07) is 14.3. The highest BCUT2D eigenvalue weighted by molar-refractivity contribution is 7.98. The van der Waals surface area contributed by atoms with E-state index in [0.717, 1.165) is 37.3 Å². The molecule has 1 aliphatic carbocycles. The van der Waals surface area contributed by atoms with Crippen LogP contribution in [0.15, 0.2) is 48.5 Å². The van der Waals surface area contributed by atoms with Crippen molar-refractivity contribution in [1.29, 1.82) is 0 Å². The Balaban J connectivity index is 1.48. The zero-order chi connectivity index (χ0) is 26.9. The van der Waals surface area contributed by atoms with E-state index in [-0.39, 0.29) is 23.9 Å². The SMILES string of the molecule is COC(=O)c1cc(C(=O)N[C@H](CN[C@@H](C)C(=O)NCC2CC2)Cc2ccccc2)cc(N2CCCNS2)c1. The molecule has 204 valence electrons. The molecule has 38 heavy (non-hydrogen) atoms. The largest absolute Gasteiger partial charge is 0.465 e. The molecule has 1 aliphatic heterocycles. The first-order chi connectivity index (χ1) is 18.4. The highest BCUT2D eigenvalue weighted by atomic mass is 32.2. The number of hydrogen-bond donors (Lipinski definition) is 4. The van der Waals surface area contributed by atoms with Gasteiger partial charge in [0, 0.05) is 55.6 Å². The third kappa shape index (κ3) is 8.21. The third-order valence-electron chi connectivity index (χ3n) is 6.69. The summed E-state index contributed by atoms with van der Waals surface area (Å²) in [7, 11) is 1.33. The number of ether oxygens (including phenoxy) is 1. The van der Waals surface area contributed by atoms with Gasteiger partial charge in [0.2, 0.25) is 5.91 Å². The molecular formula is C28H37N5O4S. The van der Waals surface area contributed by atoms with Crippen molar-refractivity contribution in [3.05, 3.63) is 65.2 Å². The maximum Gasteiger partial charge on any atom is 0.337 e. The van der Waals surface area contributed by atoms with Crippen molar-refractivity contribution in [2.24, 2.45) is 5.92 Å². The quantitative estimate of drug-likeness (QED) is 0.241. The van der Waals surface area contributed by atoms with Crippen LogP contribution in [0.4, 0.5) is 5.69 Å². The molecule has 2 aliphatic rings. The average Bonchev–Trinajstić information content (AvgIpc) is 3.79. The van der Waals surface area contributed by atoms with Gasteiger partial charge in [0.05, 0.1) is 18.7 Å². The first-order valence-corrected chi connectivity index (χ1v) is 14.0. The molecule has 2 atom stereocenters. The van der Waals surface area contributed by atoms with Crippen LogP contribution in [-0.2, 0) is 16.0 Å². The maximum absolute atomic E-state index is 13.5. The van der Waals surface area contributed by atoms with E-state index in [2.05, 4.69) is 20.7 Å². The molecule has 1 saturated carbocycles. The van der Waals surface area contributed by atoms with Crippen molar-refractivity contribution in [3.8, 4) is 0 Å². The topological polar surface area (TPSA) is 112 Å². The molecular weight excluding hydrogens is 502 g/mol. The molecule has 0 bridgehead atoms. The van der Waals surface area contributed by atoms with Crippen LogP contribution in [0.5, 0.6) is 0 Å². The molecule has 9 nitrogen and oxygen atoms in total. The summed E-state index contributed by atoms with van der Waals surface area (Å²) < 4.78 is 10.2. The van der Waals surface area contributed by atoms with Crippen LogP contribution >= 0.6 is 12.1 Å². The van der Waals surface area contributed by atoms with Crippen molar-refractivity contribution in [2.75, 3.05) is 37.6 Å². The van der Waals surface area contributed by atoms with E-state index in [4.69, 9.17) is 4.74 Å². The number of esters is 1. The molecule has 2 amide bonds. The molecule has 0 aromatic heterocycles. The molecule has 0 radical (unpaired) electrons. The van der Waals surface area contributed by atoms with Gasteiger partial charge in [-0.05, 0) is 62.3 Å². The number of carbonyl (C=O) groups excluding carboxylic acids is 3. The number of hydrogen-bond acceptors (Lipinski definition) is 8. The van der Waals surface area contributed by atoms with E-state index < -0.39 is 5.97 Å². The zero-order valence-corrected chi connectivity index (χ0v) is 22.8. The van der Waals surface area contributed by atoms with Crippen LogP contribution in [0, 0.1) is 5.92 Å². The van der Waals surface area contributed by atoms with E-state index in [0.29, 0.717) is 30.0 Å². The van der Waals surface area contributed by atoms with E-state index >= 15 is 0 Å². The fourth-order valence-electron chi connectivity index (χ4n) is 4.24. The predicted octanol–water partition coefficient (Wildman–Crippen LogP) is 2.68. The van der Waals surface area contributed by atoms with Crippen molar-refractivity contribution in [1.82, 2.24) is 20.7 Å². The van der Waals surface area contributed by atoms with Gasteiger partial charge in [0.15, 0.2) is 0 Å². The van der Waals surface area contributed by atoms with Crippen LogP contribution < -0.4 is 25.0 Å². The van der Waals surface area contributed by atoms with Gasteiger partial charge in [0.25, 0.3) is 5.91 Å². The van der Waals surface area contributed by atoms with Gasteiger partial charge < -0.3 is 25.0 Å². The summed E-state index contributed by atoms with van der Waals surface area (Å²) in [5.41, 5.74) is 2.53. The highest BCUT2D eigenvalue weighted by Crippen LogP contribution is 2.28. The van der Waals surface area contributed by atoms with Crippen molar-refractivity contribution in [2.45, 2.75) is 44.7 Å². The summed E-state index contributed by atoms with van der Waals surface area (Å²) in [4.78, 5) is 38.4. The summed E-state index contributed by atoms with van der Waals surface area (Å²) >= 11 is 1.46. The predicted molar refractivity (Wildman–Crippen MR) is 150 cm³/mol. The molecule has 2 aromatic carbocycles. The molecule has 0 spiro atoms. The van der Waals surface area contributed by atoms with Crippen LogP contribution in [0.2, 0.25) is 0 Å². The Bertz CT molecular complexity index is 1110.